The average Bonchev–Trinajstić information content (AvgIpc) is 3.27. The highest BCUT2D eigenvalue weighted by Gasteiger charge is 2.34. The number of aliphatic hydroxyl groups is 1. The molecule has 2 fully saturated rings. The predicted octanol–water partition coefficient (Wildman–Crippen LogP) is 1.58. The largest absolute Gasteiger partial charge is 0.496 e. The molecule has 3 aliphatic heterocycles. The summed E-state index contributed by atoms with van der Waals surface area (Å²) in [6, 6.07) is 10.1. The van der Waals surface area contributed by atoms with Gasteiger partial charge < -0.3 is 24.2 Å². The van der Waals surface area contributed by atoms with Gasteiger partial charge in [-0.25, -0.2) is 4.98 Å². The van der Waals surface area contributed by atoms with Crippen LogP contribution in [0.4, 0.5) is 5.82 Å². The van der Waals surface area contributed by atoms with Gasteiger partial charge in [-0.2, -0.15) is 0 Å². The molecule has 0 unspecified atom stereocenters. The second-order valence-electron chi connectivity index (χ2n) is 8.39. The minimum atomic E-state index is -0.366. The first-order chi connectivity index (χ1) is 15.2. The predicted molar refractivity (Wildman–Crippen MR) is 117 cm³/mol. The summed E-state index contributed by atoms with van der Waals surface area (Å²) < 4.78 is 16.5. The fourth-order valence-corrected chi connectivity index (χ4v) is 4.90. The second-order valence-corrected chi connectivity index (χ2v) is 8.39. The zero-order valence-corrected chi connectivity index (χ0v) is 17.9. The van der Waals surface area contributed by atoms with Crippen LogP contribution in [0.15, 0.2) is 36.5 Å². The maximum atomic E-state index is 10.9. The molecule has 0 spiro atoms. The Kier molecular flexibility index (Phi) is 5.85. The van der Waals surface area contributed by atoms with Crippen molar-refractivity contribution in [3.63, 3.8) is 0 Å². The van der Waals surface area contributed by atoms with Crippen LogP contribution in [0.5, 0.6) is 17.2 Å². The third kappa shape index (κ3) is 4.28. The number of benzene rings is 1. The van der Waals surface area contributed by atoms with Crippen LogP contribution in [0.25, 0.3) is 0 Å². The average molecular weight is 427 g/mol. The van der Waals surface area contributed by atoms with Crippen molar-refractivity contribution in [3.8, 4) is 17.2 Å². The van der Waals surface area contributed by atoms with Gasteiger partial charge in [0.25, 0.3) is 0 Å². The van der Waals surface area contributed by atoms with E-state index in [9.17, 15) is 5.11 Å². The van der Waals surface area contributed by atoms with E-state index in [2.05, 4.69) is 25.8 Å². The molecule has 0 radical (unpaired) electrons. The van der Waals surface area contributed by atoms with Crippen molar-refractivity contribution in [2.75, 3.05) is 58.1 Å². The number of β-amino-alcohol motifs (C(OH)–C–C–N with tert-alkyl or cyclic N) is 1. The lowest BCUT2D eigenvalue weighted by molar-refractivity contribution is -0.0173. The first kappa shape index (κ1) is 20.4. The number of fused-ring (bicyclic) bond motifs is 1. The molecule has 1 aromatic heterocycles. The van der Waals surface area contributed by atoms with E-state index < -0.39 is 0 Å². The number of nitrogens with zero attached hydrogens (tertiary/aromatic N) is 4. The number of methoxy groups -OCH3 is 1. The summed E-state index contributed by atoms with van der Waals surface area (Å²) in [4.78, 5) is 11.5. The number of hydrogen-bond acceptors (Lipinski definition) is 8. The number of piperazine rings is 1. The SMILES string of the molecule is COc1cc2c(cc1CN1CC[C@H](N3CCN(c4ccccn4)CC3)[C@@H](O)C1)OCO2. The Balaban J connectivity index is 1.17. The molecule has 1 aromatic carbocycles. The van der Waals surface area contributed by atoms with Crippen molar-refractivity contribution < 1.29 is 19.3 Å². The van der Waals surface area contributed by atoms with Crippen LogP contribution in [0.3, 0.4) is 0 Å². The van der Waals surface area contributed by atoms with Gasteiger partial charge in [0.05, 0.1) is 13.2 Å². The number of rotatable bonds is 5. The smallest absolute Gasteiger partial charge is 0.231 e. The monoisotopic (exact) mass is 426 g/mol. The summed E-state index contributed by atoms with van der Waals surface area (Å²) in [5.41, 5.74) is 1.06. The van der Waals surface area contributed by atoms with E-state index in [4.69, 9.17) is 14.2 Å². The lowest BCUT2D eigenvalue weighted by Crippen LogP contribution is -2.58. The topological polar surface area (TPSA) is 70.5 Å². The Morgan fingerprint density at radius 1 is 1.10 bits per heavy atom. The molecule has 0 bridgehead atoms. The number of anilines is 1. The fraction of sp³-hybridized carbons (Fsp3) is 0.522. The van der Waals surface area contributed by atoms with E-state index in [1.807, 2.05) is 30.5 Å². The molecule has 2 saturated heterocycles. The third-order valence-corrected chi connectivity index (χ3v) is 6.56. The van der Waals surface area contributed by atoms with Crippen molar-refractivity contribution in [3.05, 3.63) is 42.1 Å². The summed E-state index contributed by atoms with van der Waals surface area (Å²) in [5, 5.41) is 10.9. The van der Waals surface area contributed by atoms with Crippen molar-refractivity contribution >= 4 is 5.82 Å². The van der Waals surface area contributed by atoms with Crippen LogP contribution in [0, 0.1) is 0 Å². The van der Waals surface area contributed by atoms with Gasteiger partial charge in [-0.05, 0) is 24.6 Å². The quantitative estimate of drug-likeness (QED) is 0.773. The number of piperidine rings is 1. The molecule has 0 amide bonds. The highest BCUT2D eigenvalue weighted by Crippen LogP contribution is 2.38. The Bertz CT molecular complexity index is 889. The van der Waals surface area contributed by atoms with E-state index in [0.29, 0.717) is 6.54 Å². The number of hydrogen-bond donors (Lipinski definition) is 1. The molecule has 5 rings (SSSR count). The first-order valence-electron chi connectivity index (χ1n) is 11.0. The first-order valence-corrected chi connectivity index (χ1v) is 11.0. The lowest BCUT2D eigenvalue weighted by atomic mass is 9.98. The molecule has 31 heavy (non-hydrogen) atoms. The summed E-state index contributed by atoms with van der Waals surface area (Å²) in [6.07, 6.45) is 2.43. The molecule has 0 aliphatic carbocycles. The highest BCUT2D eigenvalue weighted by atomic mass is 16.7. The van der Waals surface area contributed by atoms with E-state index in [-0.39, 0.29) is 18.9 Å². The summed E-state index contributed by atoms with van der Waals surface area (Å²) in [6.45, 7) is 6.36. The maximum Gasteiger partial charge on any atom is 0.231 e. The van der Waals surface area contributed by atoms with Crippen molar-refractivity contribution in [1.29, 1.82) is 0 Å². The van der Waals surface area contributed by atoms with Gasteiger partial charge in [-0.1, -0.05) is 6.07 Å². The van der Waals surface area contributed by atoms with Crippen LogP contribution >= 0.6 is 0 Å². The van der Waals surface area contributed by atoms with E-state index in [1.165, 1.54) is 0 Å². The molecule has 8 nitrogen and oxygen atoms in total. The van der Waals surface area contributed by atoms with Crippen LogP contribution < -0.4 is 19.1 Å². The lowest BCUT2D eigenvalue weighted by Gasteiger charge is -2.45. The van der Waals surface area contributed by atoms with Gasteiger partial charge in [-0.3, -0.25) is 9.80 Å². The minimum Gasteiger partial charge on any atom is -0.496 e. The molecule has 1 N–H and O–H groups in total. The Morgan fingerprint density at radius 3 is 2.61 bits per heavy atom. The molecular weight excluding hydrogens is 396 g/mol. The molecule has 3 aliphatic rings. The summed E-state index contributed by atoms with van der Waals surface area (Å²) in [5.74, 6) is 3.32. The van der Waals surface area contributed by atoms with Crippen LogP contribution in [-0.2, 0) is 6.54 Å². The Labute approximate surface area is 182 Å². The highest BCUT2D eigenvalue weighted by molar-refractivity contribution is 5.51. The number of ether oxygens (including phenoxy) is 3. The molecule has 2 atom stereocenters. The normalized spacial score (nSPS) is 24.4. The summed E-state index contributed by atoms with van der Waals surface area (Å²) >= 11 is 0. The molecule has 2 aromatic rings. The fourth-order valence-electron chi connectivity index (χ4n) is 4.90. The summed E-state index contributed by atoms with van der Waals surface area (Å²) in [7, 11) is 1.67. The maximum absolute atomic E-state index is 10.9. The minimum absolute atomic E-state index is 0.209. The molecule has 8 heteroatoms. The number of aromatic nitrogens is 1. The van der Waals surface area contributed by atoms with Gasteiger partial charge in [0.1, 0.15) is 11.6 Å². The van der Waals surface area contributed by atoms with Crippen molar-refractivity contribution in [2.45, 2.75) is 25.1 Å². The Hall–Kier alpha value is -2.55. The number of pyridine rings is 1. The Morgan fingerprint density at radius 2 is 1.90 bits per heavy atom. The van der Waals surface area contributed by atoms with E-state index >= 15 is 0 Å². The number of likely N-dealkylation sites (tertiary alicyclic amines) is 1. The van der Waals surface area contributed by atoms with Crippen molar-refractivity contribution in [2.24, 2.45) is 0 Å². The standard InChI is InChI=1S/C23H30N4O4/c1-29-20-13-22-21(30-16-31-22)12-17(20)14-25-7-5-18(19(28)15-25)26-8-10-27(11-9-26)23-4-2-3-6-24-23/h2-4,6,12-13,18-19,28H,5,7-11,14-16H2,1H3/t18-,19-/m0/s1. The van der Waals surface area contributed by atoms with Crippen LogP contribution in [-0.4, -0.2) is 85.2 Å². The number of aliphatic hydroxyl groups excluding tert-OH is 1. The van der Waals surface area contributed by atoms with Gasteiger partial charge >= 0.3 is 0 Å². The van der Waals surface area contributed by atoms with Crippen LogP contribution in [0.2, 0.25) is 0 Å². The van der Waals surface area contributed by atoms with Crippen molar-refractivity contribution in [1.82, 2.24) is 14.8 Å². The molecule has 4 heterocycles. The van der Waals surface area contributed by atoms with Gasteiger partial charge in [0.15, 0.2) is 11.5 Å². The molecule has 0 saturated carbocycles. The van der Waals surface area contributed by atoms with E-state index in [1.54, 1.807) is 7.11 Å². The molecule has 166 valence electrons. The van der Waals surface area contributed by atoms with Gasteiger partial charge in [0.2, 0.25) is 6.79 Å². The van der Waals surface area contributed by atoms with Gasteiger partial charge in [-0.15, -0.1) is 0 Å². The molecular formula is C23H30N4O4. The van der Waals surface area contributed by atoms with Gasteiger partial charge in [0, 0.05) is 69.7 Å². The second kappa shape index (κ2) is 8.90. The van der Waals surface area contributed by atoms with Crippen LogP contribution in [0.1, 0.15) is 12.0 Å². The van der Waals surface area contributed by atoms with E-state index in [0.717, 1.165) is 74.3 Å². The zero-order chi connectivity index (χ0) is 21.2. The zero-order valence-electron chi connectivity index (χ0n) is 17.9. The third-order valence-electron chi connectivity index (χ3n) is 6.56.